The molecule has 0 amide bonds. The predicted molar refractivity (Wildman–Crippen MR) is 55.2 cm³/mol. The lowest BCUT2D eigenvalue weighted by Gasteiger charge is -2.02. The van der Waals surface area contributed by atoms with E-state index in [0.717, 1.165) is 10.9 Å². The monoisotopic (exact) mass is 207 g/mol. The summed E-state index contributed by atoms with van der Waals surface area (Å²) in [5.41, 5.74) is 0.732. The van der Waals surface area contributed by atoms with Gasteiger partial charge in [-0.3, -0.25) is 9.17 Å². The average molecular weight is 207 g/mol. The van der Waals surface area contributed by atoms with Gasteiger partial charge in [0.1, 0.15) is 0 Å². The molecule has 0 saturated heterocycles. The number of benzene rings is 1. The van der Waals surface area contributed by atoms with Crippen LogP contribution >= 0.6 is 0 Å². The summed E-state index contributed by atoms with van der Waals surface area (Å²) in [6, 6.07) is 9.31. The Morgan fingerprint density at radius 1 is 1.29 bits per heavy atom. The second kappa shape index (κ2) is 3.86. The molecule has 3 nitrogen and oxygen atoms in total. The van der Waals surface area contributed by atoms with E-state index in [4.69, 9.17) is 4.18 Å². The van der Waals surface area contributed by atoms with Crippen molar-refractivity contribution in [3.8, 4) is 0 Å². The molecule has 1 atom stereocenters. The van der Waals surface area contributed by atoms with Gasteiger partial charge in [0.15, 0.2) is 11.1 Å². The number of fused-ring (bicyclic) bond motifs is 1. The summed E-state index contributed by atoms with van der Waals surface area (Å²) in [6.07, 6.45) is 1.68. The smallest absolute Gasteiger partial charge is 0.191 e. The van der Waals surface area contributed by atoms with Gasteiger partial charge in [-0.15, -0.1) is 0 Å². The summed E-state index contributed by atoms with van der Waals surface area (Å²) < 4.78 is 16.3. The number of hydrogen-bond donors (Lipinski definition) is 0. The van der Waals surface area contributed by atoms with Crippen LogP contribution in [0.5, 0.6) is 0 Å². The Morgan fingerprint density at radius 2 is 2.07 bits per heavy atom. The highest BCUT2D eigenvalue weighted by Crippen LogP contribution is 2.19. The van der Waals surface area contributed by atoms with Gasteiger partial charge in [-0.1, -0.05) is 18.2 Å². The van der Waals surface area contributed by atoms with Crippen LogP contribution in [-0.4, -0.2) is 16.3 Å². The summed E-state index contributed by atoms with van der Waals surface area (Å²) in [6.45, 7) is 0. The van der Waals surface area contributed by atoms with Crippen molar-refractivity contribution in [2.45, 2.75) is 4.90 Å². The highest BCUT2D eigenvalue weighted by atomic mass is 32.2. The molecule has 2 rings (SSSR count). The Labute approximate surface area is 84.4 Å². The van der Waals surface area contributed by atoms with Crippen LogP contribution in [0.2, 0.25) is 0 Å². The Balaban J connectivity index is 2.71. The quantitative estimate of drug-likeness (QED) is 0.755. The van der Waals surface area contributed by atoms with E-state index in [1.807, 2.05) is 24.3 Å². The van der Waals surface area contributed by atoms with Crippen molar-refractivity contribution in [2.24, 2.45) is 0 Å². The van der Waals surface area contributed by atoms with Gasteiger partial charge in [-0.25, -0.2) is 4.21 Å². The van der Waals surface area contributed by atoms with Gasteiger partial charge in [0, 0.05) is 11.6 Å². The first-order valence-electron chi connectivity index (χ1n) is 4.13. The first-order chi connectivity index (χ1) is 6.83. The Hall–Kier alpha value is -1.26. The summed E-state index contributed by atoms with van der Waals surface area (Å²) in [4.78, 5) is 4.79. The molecule has 2 aromatic rings. The van der Waals surface area contributed by atoms with Gasteiger partial charge in [0.05, 0.1) is 17.5 Å². The van der Waals surface area contributed by atoms with Gasteiger partial charge >= 0.3 is 0 Å². The van der Waals surface area contributed by atoms with Gasteiger partial charge in [0.25, 0.3) is 0 Å². The third-order valence-corrected chi connectivity index (χ3v) is 2.92. The molecular weight excluding hydrogens is 198 g/mol. The van der Waals surface area contributed by atoms with Crippen molar-refractivity contribution in [2.75, 3.05) is 7.11 Å². The second-order valence-corrected chi connectivity index (χ2v) is 3.98. The molecule has 0 radical (unpaired) electrons. The molecule has 14 heavy (non-hydrogen) atoms. The van der Waals surface area contributed by atoms with Crippen molar-refractivity contribution < 1.29 is 8.39 Å². The third-order valence-electron chi connectivity index (χ3n) is 1.93. The Bertz CT molecular complexity index is 479. The fourth-order valence-electron chi connectivity index (χ4n) is 1.30. The van der Waals surface area contributed by atoms with Crippen LogP contribution in [0.4, 0.5) is 0 Å². The lowest BCUT2D eigenvalue weighted by atomic mass is 10.2. The second-order valence-electron chi connectivity index (χ2n) is 2.73. The summed E-state index contributed by atoms with van der Waals surface area (Å²) >= 11 is -1.43. The molecule has 0 aliphatic rings. The number of rotatable bonds is 2. The molecule has 0 N–H and O–H groups in total. The van der Waals surface area contributed by atoms with Crippen molar-refractivity contribution >= 4 is 22.0 Å². The molecule has 0 aliphatic carbocycles. The number of hydrogen-bond acceptors (Lipinski definition) is 3. The summed E-state index contributed by atoms with van der Waals surface area (Å²) in [5, 5.41) is 0.968. The van der Waals surface area contributed by atoms with Crippen LogP contribution in [0.15, 0.2) is 41.4 Å². The lowest BCUT2D eigenvalue weighted by Crippen LogP contribution is -1.95. The molecule has 0 saturated carbocycles. The standard InChI is InChI=1S/C10H9NO2S/c1-13-14(12)9-6-2-4-8-5-3-7-11-10(8)9/h2-7H,1H3. The minimum atomic E-state index is -1.43. The fraction of sp³-hybridized carbons (Fsp3) is 0.100. The number of para-hydroxylation sites is 1. The molecule has 1 aromatic carbocycles. The first kappa shape index (κ1) is 9.30. The van der Waals surface area contributed by atoms with E-state index in [-0.39, 0.29) is 0 Å². The normalized spacial score (nSPS) is 12.9. The highest BCUT2D eigenvalue weighted by Gasteiger charge is 2.07. The molecule has 1 unspecified atom stereocenters. The maximum absolute atomic E-state index is 11.5. The zero-order chi connectivity index (χ0) is 9.97. The van der Waals surface area contributed by atoms with Crippen LogP contribution in [-0.2, 0) is 15.3 Å². The SMILES string of the molecule is COS(=O)c1cccc2cccnc12. The van der Waals surface area contributed by atoms with E-state index >= 15 is 0 Å². The number of pyridine rings is 1. The molecule has 4 heteroatoms. The molecule has 1 heterocycles. The van der Waals surface area contributed by atoms with E-state index in [9.17, 15) is 4.21 Å². The van der Waals surface area contributed by atoms with Crippen molar-refractivity contribution in [1.82, 2.24) is 4.98 Å². The van der Waals surface area contributed by atoms with E-state index in [0.29, 0.717) is 4.90 Å². The summed E-state index contributed by atoms with van der Waals surface area (Å²) in [5.74, 6) is 0. The third kappa shape index (κ3) is 1.54. The van der Waals surface area contributed by atoms with E-state index in [1.165, 1.54) is 7.11 Å². The molecular formula is C10H9NO2S. The molecule has 1 aromatic heterocycles. The minimum Gasteiger partial charge on any atom is -0.290 e. The molecule has 0 aliphatic heterocycles. The lowest BCUT2D eigenvalue weighted by molar-refractivity contribution is 0.446. The largest absolute Gasteiger partial charge is 0.290 e. The highest BCUT2D eigenvalue weighted by molar-refractivity contribution is 7.80. The van der Waals surface area contributed by atoms with Crippen LogP contribution in [0, 0.1) is 0 Å². The number of aromatic nitrogens is 1. The van der Waals surface area contributed by atoms with Gasteiger partial charge in [0.2, 0.25) is 0 Å². The predicted octanol–water partition coefficient (Wildman–Crippen LogP) is 1.90. The minimum absolute atomic E-state index is 0.616. The molecule has 0 spiro atoms. The maximum Gasteiger partial charge on any atom is 0.191 e. The van der Waals surface area contributed by atoms with Crippen LogP contribution in [0.25, 0.3) is 10.9 Å². The van der Waals surface area contributed by atoms with Crippen molar-refractivity contribution in [3.05, 3.63) is 36.5 Å². The van der Waals surface area contributed by atoms with Gasteiger partial charge < -0.3 is 0 Å². The van der Waals surface area contributed by atoms with Crippen molar-refractivity contribution in [3.63, 3.8) is 0 Å². The maximum atomic E-state index is 11.5. The number of nitrogens with zero attached hydrogens (tertiary/aromatic N) is 1. The van der Waals surface area contributed by atoms with E-state index in [1.54, 1.807) is 12.3 Å². The van der Waals surface area contributed by atoms with Gasteiger partial charge in [-0.2, -0.15) is 0 Å². The Morgan fingerprint density at radius 3 is 2.86 bits per heavy atom. The topological polar surface area (TPSA) is 39.2 Å². The average Bonchev–Trinajstić information content (AvgIpc) is 2.27. The molecule has 72 valence electrons. The van der Waals surface area contributed by atoms with Gasteiger partial charge in [-0.05, 0) is 12.1 Å². The van der Waals surface area contributed by atoms with E-state index < -0.39 is 11.1 Å². The van der Waals surface area contributed by atoms with E-state index in [2.05, 4.69) is 4.98 Å². The summed E-state index contributed by atoms with van der Waals surface area (Å²) in [7, 11) is 1.41. The van der Waals surface area contributed by atoms with Crippen LogP contribution in [0.3, 0.4) is 0 Å². The molecule has 0 bridgehead atoms. The van der Waals surface area contributed by atoms with Crippen molar-refractivity contribution in [1.29, 1.82) is 0 Å². The molecule has 0 fully saturated rings. The zero-order valence-corrected chi connectivity index (χ0v) is 8.45. The van der Waals surface area contributed by atoms with Crippen LogP contribution in [0.1, 0.15) is 0 Å². The fourth-order valence-corrected chi connectivity index (χ4v) is 2.00. The van der Waals surface area contributed by atoms with Crippen LogP contribution < -0.4 is 0 Å². The zero-order valence-electron chi connectivity index (χ0n) is 7.64. The first-order valence-corrected chi connectivity index (χ1v) is 5.20. The Kier molecular flexibility index (Phi) is 2.56.